The Hall–Kier alpha value is -2.88. The first-order chi connectivity index (χ1) is 10.6. The molecule has 4 heteroatoms. The van der Waals surface area contributed by atoms with Crippen LogP contribution in [0, 0.1) is 13.8 Å². The Kier molecular flexibility index (Phi) is 3.51. The predicted molar refractivity (Wildman–Crippen MR) is 89.4 cm³/mol. The molecule has 0 aliphatic heterocycles. The monoisotopic (exact) mass is 294 g/mol. The number of phenols is 2. The largest absolute Gasteiger partial charge is 0.507 e. The van der Waals surface area contributed by atoms with Gasteiger partial charge in [-0.15, -0.1) is 0 Å². The molecule has 0 fully saturated rings. The molecule has 0 atom stereocenters. The summed E-state index contributed by atoms with van der Waals surface area (Å²) in [5.41, 5.74) is 4.14. The van der Waals surface area contributed by atoms with E-state index in [0.29, 0.717) is 11.5 Å². The lowest BCUT2D eigenvalue weighted by Crippen LogP contribution is -1.69. The highest BCUT2D eigenvalue weighted by Crippen LogP contribution is 2.27. The Morgan fingerprint density at radius 1 is 0.682 bits per heavy atom. The molecule has 2 aromatic carbocycles. The number of hydrogen-bond acceptors (Lipinski definition) is 2. The second-order valence-electron chi connectivity index (χ2n) is 5.34. The molecule has 22 heavy (non-hydrogen) atoms. The summed E-state index contributed by atoms with van der Waals surface area (Å²) in [6.45, 7) is 3.94. The fraction of sp³-hybridized carbons (Fsp3) is 0.111. The maximum atomic E-state index is 9.42. The van der Waals surface area contributed by atoms with E-state index in [0.717, 1.165) is 32.9 Å². The van der Waals surface area contributed by atoms with E-state index in [1.54, 1.807) is 12.1 Å². The number of aromatic nitrogens is 2. The number of nitrogens with one attached hydrogen (secondary N) is 2. The van der Waals surface area contributed by atoms with Crippen LogP contribution in [0.1, 0.15) is 11.1 Å². The number of aryl methyl sites for hydroxylation is 2. The van der Waals surface area contributed by atoms with Crippen molar-refractivity contribution >= 4 is 21.8 Å². The average molecular weight is 294 g/mol. The lowest BCUT2D eigenvalue weighted by atomic mass is 10.2. The van der Waals surface area contributed by atoms with Crippen LogP contribution in [0.4, 0.5) is 0 Å². The van der Waals surface area contributed by atoms with Crippen molar-refractivity contribution in [2.24, 2.45) is 0 Å². The zero-order chi connectivity index (χ0) is 15.7. The Balaban J connectivity index is 0.000000131. The summed E-state index contributed by atoms with van der Waals surface area (Å²) in [4.78, 5) is 6.14. The van der Waals surface area contributed by atoms with Gasteiger partial charge in [-0.05, 0) is 49.2 Å². The molecule has 112 valence electrons. The van der Waals surface area contributed by atoms with Crippen LogP contribution in [0.2, 0.25) is 0 Å². The molecule has 0 aliphatic carbocycles. The SMILES string of the molecule is Cc1c[nH]c2cccc(O)c12.Cc1c[nH]c2cccc(O)c12. The number of H-pyrrole nitrogens is 2. The summed E-state index contributed by atoms with van der Waals surface area (Å²) in [6, 6.07) is 10.9. The minimum Gasteiger partial charge on any atom is -0.507 e. The lowest BCUT2D eigenvalue weighted by Gasteiger charge is -1.94. The molecular formula is C18H18N2O2. The van der Waals surface area contributed by atoms with Gasteiger partial charge in [-0.3, -0.25) is 0 Å². The first-order valence-corrected chi connectivity index (χ1v) is 7.09. The Bertz CT molecular complexity index is 857. The molecule has 0 saturated carbocycles. The highest BCUT2D eigenvalue weighted by molar-refractivity contribution is 5.89. The second kappa shape index (κ2) is 5.48. The van der Waals surface area contributed by atoms with Gasteiger partial charge in [-0.1, -0.05) is 12.1 Å². The van der Waals surface area contributed by atoms with Gasteiger partial charge in [0.1, 0.15) is 11.5 Å². The number of hydrogen-bond donors (Lipinski definition) is 4. The molecule has 0 spiro atoms. The maximum Gasteiger partial charge on any atom is 0.125 e. The Labute approximate surface area is 128 Å². The minimum absolute atomic E-state index is 0.348. The molecule has 0 aliphatic rings. The number of benzene rings is 2. The van der Waals surface area contributed by atoms with Crippen LogP contribution >= 0.6 is 0 Å². The number of aromatic hydroxyl groups is 2. The summed E-state index contributed by atoms with van der Waals surface area (Å²) in [6.07, 6.45) is 3.79. The Morgan fingerprint density at radius 2 is 1.09 bits per heavy atom. The fourth-order valence-electron chi connectivity index (χ4n) is 2.67. The fourth-order valence-corrected chi connectivity index (χ4v) is 2.67. The van der Waals surface area contributed by atoms with Crippen LogP contribution in [0.15, 0.2) is 48.8 Å². The van der Waals surface area contributed by atoms with Crippen molar-refractivity contribution in [2.75, 3.05) is 0 Å². The van der Waals surface area contributed by atoms with Crippen molar-refractivity contribution in [1.29, 1.82) is 0 Å². The highest BCUT2D eigenvalue weighted by Gasteiger charge is 2.03. The van der Waals surface area contributed by atoms with Gasteiger partial charge < -0.3 is 20.2 Å². The van der Waals surface area contributed by atoms with E-state index in [2.05, 4.69) is 9.97 Å². The summed E-state index contributed by atoms with van der Waals surface area (Å²) < 4.78 is 0. The lowest BCUT2D eigenvalue weighted by molar-refractivity contribution is 0.481. The highest BCUT2D eigenvalue weighted by atomic mass is 16.3. The van der Waals surface area contributed by atoms with E-state index in [1.165, 1.54) is 0 Å². The molecule has 4 rings (SSSR count). The minimum atomic E-state index is 0.348. The van der Waals surface area contributed by atoms with Gasteiger partial charge in [0.2, 0.25) is 0 Å². The first-order valence-electron chi connectivity index (χ1n) is 7.09. The van der Waals surface area contributed by atoms with Gasteiger partial charge in [0, 0.05) is 34.2 Å². The normalized spacial score (nSPS) is 10.6. The van der Waals surface area contributed by atoms with E-state index < -0.39 is 0 Å². The van der Waals surface area contributed by atoms with Crippen molar-refractivity contribution in [3.63, 3.8) is 0 Å². The van der Waals surface area contributed by atoms with Crippen molar-refractivity contribution < 1.29 is 10.2 Å². The van der Waals surface area contributed by atoms with Gasteiger partial charge in [-0.2, -0.15) is 0 Å². The molecule has 0 amide bonds. The molecule has 0 saturated heterocycles. The summed E-state index contributed by atoms with van der Waals surface area (Å²) in [7, 11) is 0. The van der Waals surface area contributed by atoms with Crippen molar-refractivity contribution in [3.05, 3.63) is 59.9 Å². The Morgan fingerprint density at radius 3 is 1.45 bits per heavy atom. The molecular weight excluding hydrogens is 276 g/mol. The third kappa shape index (κ3) is 2.39. The van der Waals surface area contributed by atoms with Crippen molar-refractivity contribution in [3.8, 4) is 11.5 Å². The van der Waals surface area contributed by atoms with Crippen molar-refractivity contribution in [1.82, 2.24) is 9.97 Å². The van der Waals surface area contributed by atoms with Gasteiger partial charge in [0.25, 0.3) is 0 Å². The van der Waals surface area contributed by atoms with Crippen LogP contribution < -0.4 is 0 Å². The van der Waals surface area contributed by atoms with E-state index >= 15 is 0 Å². The number of aromatic amines is 2. The predicted octanol–water partition coefficient (Wildman–Crippen LogP) is 4.36. The summed E-state index contributed by atoms with van der Waals surface area (Å²) >= 11 is 0. The topological polar surface area (TPSA) is 72.0 Å². The van der Waals surface area contributed by atoms with Crippen LogP contribution in [0.5, 0.6) is 11.5 Å². The molecule has 2 heterocycles. The number of fused-ring (bicyclic) bond motifs is 2. The molecule has 4 aromatic rings. The molecule has 0 unspecified atom stereocenters. The molecule has 2 aromatic heterocycles. The standard InChI is InChI=1S/2C9H9NO/c2*1-6-5-10-7-3-2-4-8(11)9(6)7/h2*2-5,10-11H,1H3. The van der Waals surface area contributed by atoms with Crippen LogP contribution in [-0.4, -0.2) is 20.2 Å². The van der Waals surface area contributed by atoms with E-state index in [1.807, 2.05) is 50.5 Å². The molecule has 0 bridgehead atoms. The smallest absolute Gasteiger partial charge is 0.125 e. The van der Waals surface area contributed by atoms with Gasteiger partial charge in [0.15, 0.2) is 0 Å². The van der Waals surface area contributed by atoms with Gasteiger partial charge in [-0.25, -0.2) is 0 Å². The quantitative estimate of drug-likeness (QED) is 0.389. The van der Waals surface area contributed by atoms with E-state index in [9.17, 15) is 10.2 Å². The van der Waals surface area contributed by atoms with Gasteiger partial charge >= 0.3 is 0 Å². The van der Waals surface area contributed by atoms with Crippen molar-refractivity contribution in [2.45, 2.75) is 13.8 Å². The average Bonchev–Trinajstić information content (AvgIpc) is 3.06. The maximum absolute atomic E-state index is 9.42. The second-order valence-corrected chi connectivity index (χ2v) is 5.34. The summed E-state index contributed by atoms with van der Waals surface area (Å²) in [5, 5.41) is 20.7. The third-order valence-electron chi connectivity index (χ3n) is 3.76. The van der Waals surface area contributed by atoms with Gasteiger partial charge in [0.05, 0.1) is 0 Å². The van der Waals surface area contributed by atoms with Crippen LogP contribution in [0.3, 0.4) is 0 Å². The van der Waals surface area contributed by atoms with E-state index in [4.69, 9.17) is 0 Å². The number of rotatable bonds is 0. The zero-order valence-electron chi connectivity index (χ0n) is 12.5. The molecule has 4 nitrogen and oxygen atoms in total. The molecule has 4 N–H and O–H groups in total. The van der Waals surface area contributed by atoms with Crippen LogP contribution in [-0.2, 0) is 0 Å². The van der Waals surface area contributed by atoms with E-state index in [-0.39, 0.29) is 0 Å². The third-order valence-corrected chi connectivity index (χ3v) is 3.76. The zero-order valence-corrected chi connectivity index (χ0v) is 12.5. The molecule has 0 radical (unpaired) electrons. The van der Waals surface area contributed by atoms with Crippen LogP contribution in [0.25, 0.3) is 21.8 Å². The summed E-state index contributed by atoms with van der Waals surface area (Å²) in [5.74, 6) is 0.697. The number of phenolic OH excluding ortho intramolecular Hbond substituents is 2. The first kappa shape index (κ1) is 14.1.